The third-order valence-electron chi connectivity index (χ3n) is 2.51. The van der Waals surface area contributed by atoms with Crippen LogP contribution in [0.5, 0.6) is 0 Å². The summed E-state index contributed by atoms with van der Waals surface area (Å²) in [5.41, 5.74) is 0. The monoisotopic (exact) mass is 296 g/mol. The number of nitrogens with zero attached hydrogens (tertiary/aromatic N) is 4. The SMILES string of the molecule is CCNc1ncccc1S(=O)(=O)NCCn1ccnn1. The summed E-state index contributed by atoms with van der Waals surface area (Å²) in [5, 5.41) is 10.3. The molecule has 2 heterocycles. The molecule has 0 spiro atoms. The molecule has 2 aromatic rings. The standard InChI is InChI=1S/C11H16N6O2S/c1-2-12-11-10(4-3-5-13-11)20(18,19)15-7-9-17-8-6-14-16-17/h3-6,8,15H,2,7,9H2,1H3,(H,12,13). The molecule has 0 fully saturated rings. The van der Waals surface area contributed by atoms with Crippen LogP contribution in [-0.2, 0) is 16.6 Å². The predicted molar refractivity (Wildman–Crippen MR) is 73.6 cm³/mol. The summed E-state index contributed by atoms with van der Waals surface area (Å²) in [6.45, 7) is 3.11. The number of anilines is 1. The molecule has 20 heavy (non-hydrogen) atoms. The highest BCUT2D eigenvalue weighted by atomic mass is 32.2. The van der Waals surface area contributed by atoms with E-state index in [0.717, 1.165) is 0 Å². The molecule has 2 rings (SSSR count). The lowest BCUT2D eigenvalue weighted by Gasteiger charge is -2.11. The zero-order chi connectivity index (χ0) is 14.4. The van der Waals surface area contributed by atoms with Crippen molar-refractivity contribution in [3.8, 4) is 0 Å². The Kier molecular flexibility index (Phi) is 4.64. The average molecular weight is 296 g/mol. The summed E-state index contributed by atoms with van der Waals surface area (Å²) in [6, 6.07) is 3.11. The Morgan fingerprint density at radius 1 is 1.35 bits per heavy atom. The first-order valence-electron chi connectivity index (χ1n) is 6.16. The fourth-order valence-electron chi connectivity index (χ4n) is 1.63. The van der Waals surface area contributed by atoms with Crippen LogP contribution in [0.2, 0.25) is 0 Å². The van der Waals surface area contributed by atoms with Crippen LogP contribution in [-0.4, -0.2) is 41.5 Å². The van der Waals surface area contributed by atoms with Gasteiger partial charge in [-0.3, -0.25) is 4.68 Å². The summed E-state index contributed by atoms with van der Waals surface area (Å²) in [7, 11) is -3.60. The number of nitrogens with one attached hydrogen (secondary N) is 2. The van der Waals surface area contributed by atoms with Gasteiger partial charge >= 0.3 is 0 Å². The summed E-state index contributed by atoms with van der Waals surface area (Å²) < 4.78 is 28.5. The van der Waals surface area contributed by atoms with Crippen LogP contribution >= 0.6 is 0 Å². The van der Waals surface area contributed by atoms with E-state index in [1.165, 1.54) is 6.07 Å². The fraction of sp³-hybridized carbons (Fsp3) is 0.364. The number of aromatic nitrogens is 4. The molecule has 2 aromatic heterocycles. The maximum atomic E-state index is 12.2. The van der Waals surface area contributed by atoms with Gasteiger partial charge in [-0.2, -0.15) is 0 Å². The summed E-state index contributed by atoms with van der Waals surface area (Å²) >= 11 is 0. The normalized spacial score (nSPS) is 11.4. The second kappa shape index (κ2) is 6.44. The summed E-state index contributed by atoms with van der Waals surface area (Å²) in [6.07, 6.45) is 4.76. The molecule has 0 aromatic carbocycles. The van der Waals surface area contributed by atoms with Crippen LogP contribution in [0.25, 0.3) is 0 Å². The van der Waals surface area contributed by atoms with Crippen LogP contribution in [0.4, 0.5) is 5.82 Å². The van der Waals surface area contributed by atoms with E-state index in [4.69, 9.17) is 0 Å². The molecule has 0 aliphatic carbocycles. The van der Waals surface area contributed by atoms with Crippen molar-refractivity contribution in [3.63, 3.8) is 0 Å². The molecular weight excluding hydrogens is 280 g/mol. The van der Waals surface area contributed by atoms with E-state index in [1.54, 1.807) is 29.3 Å². The quantitative estimate of drug-likeness (QED) is 0.750. The minimum absolute atomic E-state index is 0.139. The van der Waals surface area contributed by atoms with Crippen LogP contribution in [0.1, 0.15) is 6.92 Å². The minimum atomic E-state index is -3.60. The number of sulfonamides is 1. The molecule has 8 nitrogen and oxygen atoms in total. The highest BCUT2D eigenvalue weighted by Crippen LogP contribution is 2.17. The topological polar surface area (TPSA) is 102 Å². The van der Waals surface area contributed by atoms with E-state index >= 15 is 0 Å². The van der Waals surface area contributed by atoms with Crippen LogP contribution in [0, 0.1) is 0 Å². The Morgan fingerprint density at radius 2 is 2.20 bits per heavy atom. The lowest BCUT2D eigenvalue weighted by Crippen LogP contribution is -2.28. The van der Waals surface area contributed by atoms with Gasteiger partial charge in [0, 0.05) is 25.5 Å². The van der Waals surface area contributed by atoms with Crippen LogP contribution in [0.3, 0.4) is 0 Å². The second-order valence-electron chi connectivity index (χ2n) is 3.94. The van der Waals surface area contributed by atoms with Gasteiger partial charge in [-0.05, 0) is 19.1 Å². The van der Waals surface area contributed by atoms with Gasteiger partial charge in [-0.15, -0.1) is 5.10 Å². The van der Waals surface area contributed by atoms with Crippen molar-refractivity contribution in [2.75, 3.05) is 18.4 Å². The number of hydrogen-bond acceptors (Lipinski definition) is 6. The molecular formula is C11H16N6O2S. The molecule has 0 atom stereocenters. The van der Waals surface area contributed by atoms with Crippen molar-refractivity contribution in [1.29, 1.82) is 0 Å². The van der Waals surface area contributed by atoms with Crippen LogP contribution in [0.15, 0.2) is 35.6 Å². The highest BCUT2D eigenvalue weighted by Gasteiger charge is 2.18. The van der Waals surface area contributed by atoms with Gasteiger partial charge in [0.2, 0.25) is 10.0 Å². The first-order chi connectivity index (χ1) is 9.63. The van der Waals surface area contributed by atoms with Gasteiger partial charge in [0.15, 0.2) is 0 Å². The lowest BCUT2D eigenvalue weighted by atomic mass is 10.4. The van der Waals surface area contributed by atoms with E-state index in [1.807, 2.05) is 6.92 Å². The van der Waals surface area contributed by atoms with Gasteiger partial charge < -0.3 is 5.32 Å². The first-order valence-corrected chi connectivity index (χ1v) is 7.64. The average Bonchev–Trinajstić information content (AvgIpc) is 2.92. The number of pyridine rings is 1. The van der Waals surface area contributed by atoms with Gasteiger partial charge in [0.05, 0.1) is 12.7 Å². The molecule has 0 bridgehead atoms. The van der Waals surface area contributed by atoms with E-state index < -0.39 is 10.0 Å². The Labute approximate surface area is 117 Å². The second-order valence-corrected chi connectivity index (χ2v) is 5.68. The Balaban J connectivity index is 2.06. The molecule has 0 radical (unpaired) electrons. The molecule has 0 saturated carbocycles. The van der Waals surface area contributed by atoms with Crippen molar-refractivity contribution in [2.24, 2.45) is 0 Å². The van der Waals surface area contributed by atoms with E-state index in [0.29, 0.717) is 18.9 Å². The van der Waals surface area contributed by atoms with Crippen molar-refractivity contribution in [2.45, 2.75) is 18.4 Å². The molecule has 0 unspecified atom stereocenters. The van der Waals surface area contributed by atoms with E-state index in [9.17, 15) is 8.42 Å². The highest BCUT2D eigenvalue weighted by molar-refractivity contribution is 7.89. The third-order valence-corrected chi connectivity index (χ3v) is 4.00. The Hall–Kier alpha value is -2.00. The minimum Gasteiger partial charge on any atom is -0.369 e. The Bertz CT molecular complexity index is 641. The van der Waals surface area contributed by atoms with Gasteiger partial charge in [0.25, 0.3) is 0 Å². The number of hydrogen-bond donors (Lipinski definition) is 2. The molecule has 0 saturated heterocycles. The zero-order valence-electron chi connectivity index (χ0n) is 11.0. The van der Waals surface area contributed by atoms with E-state index in [2.05, 4.69) is 25.3 Å². The van der Waals surface area contributed by atoms with E-state index in [-0.39, 0.29) is 11.4 Å². The first kappa shape index (κ1) is 14.4. The summed E-state index contributed by atoms with van der Waals surface area (Å²) in [4.78, 5) is 4.17. The maximum absolute atomic E-state index is 12.2. The molecule has 0 aliphatic rings. The smallest absolute Gasteiger partial charge is 0.244 e. The van der Waals surface area contributed by atoms with Crippen molar-refractivity contribution in [3.05, 3.63) is 30.7 Å². The largest absolute Gasteiger partial charge is 0.369 e. The molecule has 0 amide bonds. The maximum Gasteiger partial charge on any atom is 0.244 e. The molecule has 108 valence electrons. The van der Waals surface area contributed by atoms with Crippen molar-refractivity contribution in [1.82, 2.24) is 24.7 Å². The van der Waals surface area contributed by atoms with Gasteiger partial charge in [-0.25, -0.2) is 18.1 Å². The van der Waals surface area contributed by atoms with Crippen molar-refractivity contribution < 1.29 is 8.42 Å². The Morgan fingerprint density at radius 3 is 2.90 bits per heavy atom. The molecule has 0 aliphatic heterocycles. The summed E-state index contributed by atoms with van der Waals surface area (Å²) in [5.74, 6) is 0.350. The zero-order valence-corrected chi connectivity index (χ0v) is 11.8. The lowest BCUT2D eigenvalue weighted by molar-refractivity contribution is 0.553. The third kappa shape index (κ3) is 3.52. The molecule has 2 N–H and O–H groups in total. The molecule has 9 heteroatoms. The van der Waals surface area contributed by atoms with Crippen molar-refractivity contribution >= 4 is 15.8 Å². The number of rotatable bonds is 7. The van der Waals surface area contributed by atoms with Gasteiger partial charge in [0.1, 0.15) is 10.7 Å². The predicted octanol–water partition coefficient (Wildman–Crippen LogP) is 0.0834. The van der Waals surface area contributed by atoms with Gasteiger partial charge in [-0.1, -0.05) is 5.21 Å². The van der Waals surface area contributed by atoms with Crippen LogP contribution < -0.4 is 10.0 Å². The fourth-order valence-corrected chi connectivity index (χ4v) is 2.78.